The van der Waals surface area contributed by atoms with Gasteiger partial charge in [0.15, 0.2) is 0 Å². The van der Waals surface area contributed by atoms with Gasteiger partial charge in [-0.1, -0.05) is 6.58 Å². The minimum absolute atomic E-state index is 0.245. The van der Waals surface area contributed by atoms with Crippen molar-refractivity contribution in [3.63, 3.8) is 0 Å². The van der Waals surface area contributed by atoms with Crippen LogP contribution in [0.1, 0.15) is 37.8 Å². The van der Waals surface area contributed by atoms with E-state index in [4.69, 9.17) is 20.9 Å². The number of hydrogen-bond donors (Lipinski definition) is 4. The first-order valence-electron chi connectivity index (χ1n) is 10.9. The Labute approximate surface area is 195 Å². The fourth-order valence-electron chi connectivity index (χ4n) is 3.53. The number of fused-ring (bicyclic) bond motifs is 1. The third kappa shape index (κ3) is 6.51. The molecular weight excluding hydrogens is 416 g/mol. The van der Waals surface area contributed by atoms with Gasteiger partial charge in [-0.25, -0.2) is 4.52 Å². The number of nitrogens with two attached hydrogens (primary N) is 1. The number of allylic oxidation sites excluding steroid dienone is 1. The summed E-state index contributed by atoms with van der Waals surface area (Å²) in [4.78, 5) is 4.88. The molecule has 1 saturated heterocycles. The molecule has 0 amide bonds. The first-order valence-corrected chi connectivity index (χ1v) is 10.9. The monoisotopic (exact) mass is 450 g/mol. The number of pyridine rings is 1. The van der Waals surface area contributed by atoms with E-state index in [1.807, 2.05) is 33.3 Å². The molecule has 1 atom stereocenters. The molecule has 0 aliphatic carbocycles. The molecule has 9 heteroatoms. The maximum absolute atomic E-state index is 9.46. The Morgan fingerprint density at radius 3 is 2.73 bits per heavy atom. The zero-order chi connectivity index (χ0) is 24.4. The van der Waals surface area contributed by atoms with Crippen LogP contribution in [0.25, 0.3) is 11.1 Å². The second kappa shape index (κ2) is 12.5. The van der Waals surface area contributed by atoms with Crippen molar-refractivity contribution >= 4 is 22.5 Å². The van der Waals surface area contributed by atoms with Gasteiger partial charge >= 0.3 is 0 Å². The maximum atomic E-state index is 9.46. The molecule has 33 heavy (non-hydrogen) atoms. The average molecular weight is 451 g/mol. The lowest BCUT2D eigenvalue weighted by molar-refractivity contribution is 0.289. The molecule has 176 valence electrons. The highest BCUT2D eigenvalue weighted by atomic mass is 16.5. The smallest absolute Gasteiger partial charge is 0.148 e. The summed E-state index contributed by atoms with van der Waals surface area (Å²) in [6, 6.07) is 4.23. The quantitative estimate of drug-likeness (QED) is 0.479. The standard InChI is InChI=1S/C22H27N7O.C2H7N/c1-4-20(25)15(3)30-21-9-16(13-29-22(21)17(10-23)12-27-29)19(11-24)14(2)28-18-5-7-26-8-6-18;1-3-2/h4,9,11-13,15,18,25-26H,1,5-8,24H2,2-3H3;3H,1-2H3/b19-11+,25-20?,28-14?;. The van der Waals surface area contributed by atoms with Crippen molar-refractivity contribution in [3.05, 3.63) is 48.4 Å². The van der Waals surface area contributed by atoms with E-state index < -0.39 is 6.10 Å². The van der Waals surface area contributed by atoms with Crippen molar-refractivity contribution < 1.29 is 4.74 Å². The minimum atomic E-state index is -0.530. The number of aromatic nitrogens is 2. The van der Waals surface area contributed by atoms with Crippen LogP contribution < -0.4 is 21.1 Å². The summed E-state index contributed by atoms with van der Waals surface area (Å²) in [6.07, 6.45) is 7.74. The Morgan fingerprint density at radius 1 is 1.48 bits per heavy atom. The maximum Gasteiger partial charge on any atom is 0.148 e. The Balaban J connectivity index is 0.00000122. The van der Waals surface area contributed by atoms with Crippen molar-refractivity contribution in [3.8, 4) is 11.8 Å². The third-order valence-electron chi connectivity index (χ3n) is 5.21. The van der Waals surface area contributed by atoms with Crippen LogP contribution >= 0.6 is 0 Å². The second-order valence-corrected chi connectivity index (χ2v) is 7.75. The van der Waals surface area contributed by atoms with E-state index in [0.717, 1.165) is 42.8 Å². The average Bonchev–Trinajstić information content (AvgIpc) is 3.23. The summed E-state index contributed by atoms with van der Waals surface area (Å²) in [7, 11) is 3.75. The van der Waals surface area contributed by atoms with Crippen LogP contribution in [-0.2, 0) is 0 Å². The molecule has 1 aliphatic rings. The molecule has 0 saturated carbocycles. The molecule has 3 heterocycles. The van der Waals surface area contributed by atoms with Gasteiger partial charge in [-0.2, -0.15) is 10.4 Å². The third-order valence-corrected chi connectivity index (χ3v) is 5.21. The second-order valence-electron chi connectivity index (χ2n) is 7.75. The van der Waals surface area contributed by atoms with Crippen LogP contribution in [0.5, 0.6) is 5.75 Å². The molecular formula is C24H34N8O. The van der Waals surface area contributed by atoms with Crippen molar-refractivity contribution in [1.82, 2.24) is 20.2 Å². The van der Waals surface area contributed by atoms with Crippen LogP contribution in [-0.4, -0.2) is 60.4 Å². The molecule has 0 aromatic carbocycles. The van der Waals surface area contributed by atoms with E-state index in [1.165, 1.54) is 18.5 Å². The minimum Gasteiger partial charge on any atom is -0.482 e. The topological polar surface area (TPSA) is 137 Å². The van der Waals surface area contributed by atoms with Crippen LogP contribution in [0.15, 0.2) is 42.3 Å². The Hall–Kier alpha value is -3.48. The van der Waals surface area contributed by atoms with Gasteiger partial charge in [-0.15, -0.1) is 0 Å². The van der Waals surface area contributed by atoms with Crippen LogP contribution in [0.3, 0.4) is 0 Å². The lowest BCUT2D eigenvalue weighted by atomic mass is 10.0. The van der Waals surface area contributed by atoms with E-state index >= 15 is 0 Å². The Kier molecular flexibility index (Phi) is 9.79. The molecule has 3 rings (SSSR count). The van der Waals surface area contributed by atoms with Gasteiger partial charge in [0.1, 0.15) is 29.0 Å². The van der Waals surface area contributed by atoms with E-state index in [9.17, 15) is 5.26 Å². The summed E-state index contributed by atoms with van der Waals surface area (Å²) in [6.45, 7) is 9.26. The number of hydrogen-bond acceptors (Lipinski definition) is 8. The molecule has 5 N–H and O–H groups in total. The molecule has 1 unspecified atom stereocenters. The van der Waals surface area contributed by atoms with Crippen molar-refractivity contribution in [1.29, 1.82) is 10.7 Å². The highest BCUT2D eigenvalue weighted by Crippen LogP contribution is 2.29. The van der Waals surface area contributed by atoms with Crippen molar-refractivity contribution in [2.75, 3.05) is 27.2 Å². The Morgan fingerprint density at radius 2 is 2.15 bits per heavy atom. The lowest BCUT2D eigenvalue weighted by Gasteiger charge is -2.21. The van der Waals surface area contributed by atoms with E-state index in [-0.39, 0.29) is 11.8 Å². The number of nitriles is 1. The van der Waals surface area contributed by atoms with Gasteiger partial charge in [0.25, 0.3) is 0 Å². The highest BCUT2D eigenvalue weighted by Gasteiger charge is 2.19. The van der Waals surface area contributed by atoms with E-state index in [0.29, 0.717) is 16.8 Å². The molecule has 2 aromatic heterocycles. The van der Waals surface area contributed by atoms with Crippen molar-refractivity contribution in [2.24, 2.45) is 10.7 Å². The predicted molar refractivity (Wildman–Crippen MR) is 134 cm³/mol. The Bertz CT molecular complexity index is 1070. The zero-order valence-corrected chi connectivity index (χ0v) is 19.9. The number of rotatable bonds is 7. The number of ether oxygens (including phenoxy) is 1. The van der Waals surface area contributed by atoms with Crippen molar-refractivity contribution in [2.45, 2.75) is 38.8 Å². The number of nitrogens with zero attached hydrogens (tertiary/aromatic N) is 4. The SMILES string of the molecule is C=CC(=N)C(C)Oc1cc(/C(=C/N)C(C)=NC2CCNCC2)cn2ncc(C#N)c12.CNC. The number of nitrogens with one attached hydrogen (secondary N) is 3. The molecule has 2 aromatic rings. The zero-order valence-electron chi connectivity index (χ0n) is 19.9. The first kappa shape index (κ1) is 25.8. The molecule has 0 radical (unpaired) electrons. The predicted octanol–water partition coefficient (Wildman–Crippen LogP) is 2.53. The first-order chi connectivity index (χ1) is 15.9. The normalized spacial score (nSPS) is 15.8. The summed E-state index contributed by atoms with van der Waals surface area (Å²) in [5.41, 5.74) is 9.57. The largest absolute Gasteiger partial charge is 0.482 e. The van der Waals surface area contributed by atoms with Gasteiger partial charge < -0.3 is 26.5 Å². The van der Waals surface area contributed by atoms with Crippen LogP contribution in [0.4, 0.5) is 0 Å². The molecule has 0 spiro atoms. The highest BCUT2D eigenvalue weighted by molar-refractivity contribution is 6.22. The van der Waals surface area contributed by atoms with Crippen LogP contribution in [0, 0.1) is 16.7 Å². The molecule has 1 aliphatic heterocycles. The summed E-state index contributed by atoms with van der Waals surface area (Å²) in [5.74, 6) is 0.453. The van der Waals surface area contributed by atoms with Gasteiger partial charge in [0.05, 0.1) is 18.0 Å². The summed E-state index contributed by atoms with van der Waals surface area (Å²) in [5, 5.41) is 27.8. The van der Waals surface area contributed by atoms with E-state index in [1.54, 1.807) is 11.4 Å². The molecule has 9 nitrogen and oxygen atoms in total. The fourth-order valence-corrected chi connectivity index (χ4v) is 3.53. The van der Waals surface area contributed by atoms with E-state index in [2.05, 4.69) is 28.4 Å². The molecule has 0 bridgehead atoms. The number of aliphatic imine (C=N–C) groups is 1. The van der Waals surface area contributed by atoms with Gasteiger partial charge in [-0.05, 0) is 66.0 Å². The molecule has 1 fully saturated rings. The van der Waals surface area contributed by atoms with Gasteiger partial charge in [-0.3, -0.25) is 4.99 Å². The summed E-state index contributed by atoms with van der Waals surface area (Å²) >= 11 is 0. The lowest BCUT2D eigenvalue weighted by Crippen LogP contribution is -2.30. The summed E-state index contributed by atoms with van der Waals surface area (Å²) < 4.78 is 7.63. The number of piperidine rings is 1. The van der Waals surface area contributed by atoms with Crippen LogP contribution in [0.2, 0.25) is 0 Å². The fraction of sp³-hybridized carbons (Fsp3) is 0.417. The van der Waals surface area contributed by atoms with Gasteiger partial charge in [0, 0.05) is 29.2 Å². The van der Waals surface area contributed by atoms with Gasteiger partial charge in [0.2, 0.25) is 0 Å².